The molecule has 3 nitrogen and oxygen atoms in total. The Labute approximate surface area is 268 Å². The number of benzene rings is 2. The van der Waals surface area contributed by atoms with Crippen molar-refractivity contribution in [2.24, 2.45) is 0 Å². The van der Waals surface area contributed by atoms with Gasteiger partial charge in [0.25, 0.3) is 0 Å². The first-order valence-corrected chi connectivity index (χ1v) is 15.2. The highest BCUT2D eigenvalue weighted by atomic mass is 14.9. The van der Waals surface area contributed by atoms with Gasteiger partial charge in [0.1, 0.15) is 5.82 Å². The molecule has 224 valence electrons. The van der Waals surface area contributed by atoms with Crippen molar-refractivity contribution in [3.8, 4) is 33.6 Å². The third-order valence-corrected chi connectivity index (χ3v) is 7.40. The van der Waals surface area contributed by atoms with Crippen LogP contribution in [0.2, 0.25) is 0 Å². The first kappa shape index (κ1) is 32.5. The Morgan fingerprint density at radius 1 is 0.667 bits per heavy atom. The van der Waals surface area contributed by atoms with E-state index in [4.69, 9.17) is 9.97 Å². The second-order valence-electron chi connectivity index (χ2n) is 10.6. The molecule has 3 heteroatoms. The maximum atomic E-state index is 4.93. The summed E-state index contributed by atoms with van der Waals surface area (Å²) in [7, 11) is 0. The predicted octanol–water partition coefficient (Wildman–Crippen LogP) is 11.5. The lowest BCUT2D eigenvalue weighted by molar-refractivity contribution is 1.06. The molecule has 0 radical (unpaired) electrons. The normalized spacial score (nSPS) is 12.9. The summed E-state index contributed by atoms with van der Waals surface area (Å²) in [6.07, 6.45) is 25.8. The van der Waals surface area contributed by atoms with Crippen molar-refractivity contribution in [1.82, 2.24) is 15.0 Å². The highest BCUT2D eigenvalue weighted by Crippen LogP contribution is 2.34. The van der Waals surface area contributed by atoms with Crippen molar-refractivity contribution >= 4 is 16.7 Å². The molecule has 0 bridgehead atoms. The van der Waals surface area contributed by atoms with Gasteiger partial charge in [-0.05, 0) is 122 Å². The van der Waals surface area contributed by atoms with E-state index < -0.39 is 0 Å². The summed E-state index contributed by atoms with van der Waals surface area (Å²) < 4.78 is 0. The van der Waals surface area contributed by atoms with Crippen LogP contribution < -0.4 is 0 Å². The van der Waals surface area contributed by atoms with Crippen molar-refractivity contribution in [2.45, 2.75) is 34.6 Å². The fraction of sp³-hybridized carbons (Fsp3) is 0.119. The lowest BCUT2D eigenvalue weighted by Gasteiger charge is -2.14. The van der Waals surface area contributed by atoms with Gasteiger partial charge >= 0.3 is 0 Å². The second-order valence-corrected chi connectivity index (χ2v) is 10.6. The van der Waals surface area contributed by atoms with E-state index in [0.29, 0.717) is 5.82 Å². The van der Waals surface area contributed by atoms with Crippen LogP contribution in [-0.4, -0.2) is 15.0 Å². The fourth-order valence-corrected chi connectivity index (χ4v) is 5.07. The molecule has 4 aromatic rings. The van der Waals surface area contributed by atoms with Crippen molar-refractivity contribution in [1.29, 1.82) is 0 Å². The summed E-state index contributed by atoms with van der Waals surface area (Å²) in [5.74, 6) is 0.708. The van der Waals surface area contributed by atoms with E-state index in [0.717, 1.165) is 61.5 Å². The predicted molar refractivity (Wildman–Crippen MR) is 195 cm³/mol. The van der Waals surface area contributed by atoms with Crippen LogP contribution in [0.15, 0.2) is 147 Å². The Hall–Kier alpha value is -5.41. The number of hydrogen-bond donors (Lipinski definition) is 0. The van der Waals surface area contributed by atoms with Crippen LogP contribution in [0.25, 0.3) is 50.4 Å². The van der Waals surface area contributed by atoms with Crippen LogP contribution in [-0.2, 0) is 0 Å². The zero-order chi connectivity index (χ0) is 32.2. The second kappa shape index (κ2) is 15.9. The minimum absolute atomic E-state index is 0.708. The first-order chi connectivity index (χ1) is 21.9. The van der Waals surface area contributed by atoms with E-state index >= 15 is 0 Å². The lowest BCUT2D eigenvalue weighted by atomic mass is 9.93. The van der Waals surface area contributed by atoms with Crippen LogP contribution in [0.4, 0.5) is 0 Å². The number of aryl methyl sites for hydroxylation is 1. The summed E-state index contributed by atoms with van der Waals surface area (Å²) in [6.45, 7) is 17.9. The Balaban J connectivity index is 1.95. The van der Waals surface area contributed by atoms with Crippen LogP contribution in [0.3, 0.4) is 0 Å². The van der Waals surface area contributed by atoms with Gasteiger partial charge in [0.05, 0.1) is 11.4 Å². The lowest BCUT2D eigenvalue weighted by Crippen LogP contribution is -1.97. The number of pyridine rings is 1. The number of aromatic nitrogens is 3. The summed E-state index contributed by atoms with van der Waals surface area (Å²) in [5, 5.41) is 0. The molecule has 0 N–H and O–H groups in total. The van der Waals surface area contributed by atoms with Crippen molar-refractivity contribution in [3.05, 3.63) is 169 Å². The van der Waals surface area contributed by atoms with E-state index in [1.807, 2.05) is 51.3 Å². The zero-order valence-electron chi connectivity index (χ0n) is 27.0. The molecule has 2 aromatic heterocycles. The topological polar surface area (TPSA) is 38.7 Å². The molecule has 0 saturated carbocycles. The van der Waals surface area contributed by atoms with Crippen LogP contribution in [0, 0.1) is 6.92 Å². The number of hydrogen-bond acceptors (Lipinski definition) is 3. The summed E-state index contributed by atoms with van der Waals surface area (Å²) in [5.41, 5.74) is 12.6. The smallest absolute Gasteiger partial charge is 0.126 e. The molecule has 4 rings (SSSR count). The summed E-state index contributed by atoms with van der Waals surface area (Å²) >= 11 is 0. The van der Waals surface area contributed by atoms with Gasteiger partial charge in [0, 0.05) is 29.1 Å². The molecule has 0 atom stereocenters. The average Bonchev–Trinajstić information content (AvgIpc) is 3.07. The van der Waals surface area contributed by atoms with Gasteiger partial charge in [-0.15, -0.1) is 0 Å². The highest BCUT2D eigenvalue weighted by Gasteiger charge is 2.13. The molecule has 0 aliphatic heterocycles. The quantitative estimate of drug-likeness (QED) is 0.164. The van der Waals surface area contributed by atoms with Gasteiger partial charge in [-0.25, -0.2) is 9.97 Å². The molecular formula is C42H41N3. The highest BCUT2D eigenvalue weighted by molar-refractivity contribution is 5.85. The standard InChI is InChI=1S/C42H41N3/c1-8-13-17-30(6)35-22-36(32(11-4)18-14-9-2)25-39(23-35)41-28-42(45-31(7)44-41)40-26-37(33(12-5)19-15-10-3)24-38(27-40)34-20-16-21-43-29-34/h8-29H,2-3H2,1,4-7H3/b13-8-,18-14-,19-15-,30-17+,32-11+,33-12+. The van der Waals surface area contributed by atoms with Crippen LogP contribution in [0.1, 0.15) is 50.2 Å². The third-order valence-electron chi connectivity index (χ3n) is 7.40. The molecule has 2 aromatic carbocycles. The maximum Gasteiger partial charge on any atom is 0.126 e. The molecule has 0 saturated heterocycles. The van der Waals surface area contributed by atoms with E-state index in [1.54, 1.807) is 18.3 Å². The van der Waals surface area contributed by atoms with Crippen molar-refractivity contribution < 1.29 is 0 Å². The molecular weight excluding hydrogens is 546 g/mol. The SMILES string of the molecule is C=C/C=C\C(=C/C)c1cc(/C(C)=C/C=C\C)cc(-c2cc(-c3cc(C(/C=C\C=C)=C/C)cc(-c4cccnc4)c3)nc(C)n2)c1. The summed E-state index contributed by atoms with van der Waals surface area (Å²) in [4.78, 5) is 14.2. The van der Waals surface area contributed by atoms with Crippen molar-refractivity contribution in [2.75, 3.05) is 0 Å². The third kappa shape index (κ3) is 8.36. The van der Waals surface area contributed by atoms with Gasteiger partial charge in [0.2, 0.25) is 0 Å². The first-order valence-electron chi connectivity index (χ1n) is 15.2. The van der Waals surface area contributed by atoms with Gasteiger partial charge in [0.15, 0.2) is 0 Å². The van der Waals surface area contributed by atoms with Gasteiger partial charge in [-0.3, -0.25) is 4.98 Å². The van der Waals surface area contributed by atoms with Gasteiger partial charge in [-0.1, -0.05) is 86.1 Å². The van der Waals surface area contributed by atoms with Crippen molar-refractivity contribution in [3.63, 3.8) is 0 Å². The largest absolute Gasteiger partial charge is 0.264 e. The van der Waals surface area contributed by atoms with E-state index in [2.05, 4.69) is 117 Å². The molecule has 0 fully saturated rings. The van der Waals surface area contributed by atoms with Gasteiger partial charge < -0.3 is 0 Å². The monoisotopic (exact) mass is 587 g/mol. The number of rotatable bonds is 11. The molecule has 0 aliphatic carbocycles. The Morgan fingerprint density at radius 3 is 1.80 bits per heavy atom. The minimum Gasteiger partial charge on any atom is -0.264 e. The van der Waals surface area contributed by atoms with E-state index in [-0.39, 0.29) is 0 Å². The molecule has 45 heavy (non-hydrogen) atoms. The Morgan fingerprint density at radius 2 is 1.24 bits per heavy atom. The number of allylic oxidation sites excluding steroid dienone is 14. The van der Waals surface area contributed by atoms with Crippen LogP contribution >= 0.6 is 0 Å². The summed E-state index contributed by atoms with van der Waals surface area (Å²) in [6, 6.07) is 19.4. The maximum absolute atomic E-state index is 4.93. The van der Waals surface area contributed by atoms with Crippen LogP contribution in [0.5, 0.6) is 0 Å². The van der Waals surface area contributed by atoms with E-state index in [9.17, 15) is 0 Å². The Bertz CT molecular complexity index is 1860. The number of nitrogens with zero attached hydrogens (tertiary/aromatic N) is 3. The molecule has 0 amide bonds. The minimum atomic E-state index is 0.708. The fourth-order valence-electron chi connectivity index (χ4n) is 5.07. The Kier molecular flexibility index (Phi) is 11.5. The molecule has 0 spiro atoms. The zero-order valence-corrected chi connectivity index (χ0v) is 27.0. The molecule has 0 unspecified atom stereocenters. The average molecular weight is 588 g/mol. The molecule has 2 heterocycles. The van der Waals surface area contributed by atoms with Gasteiger partial charge in [-0.2, -0.15) is 0 Å². The van der Waals surface area contributed by atoms with E-state index in [1.165, 1.54) is 5.57 Å². The molecule has 0 aliphatic rings.